The van der Waals surface area contributed by atoms with Crippen molar-refractivity contribution in [2.75, 3.05) is 18.5 Å². The summed E-state index contributed by atoms with van der Waals surface area (Å²) in [5.74, 6) is -0.906. The van der Waals surface area contributed by atoms with Crippen molar-refractivity contribution in [3.05, 3.63) is 76.0 Å². The third kappa shape index (κ3) is 3.76. The molecular formula is C22H20ClN3O4. The van der Waals surface area contributed by atoms with E-state index in [1.54, 1.807) is 30.3 Å². The van der Waals surface area contributed by atoms with Crippen LogP contribution in [0.15, 0.2) is 59.8 Å². The van der Waals surface area contributed by atoms with Gasteiger partial charge in [-0.1, -0.05) is 48.9 Å². The number of amides is 3. The van der Waals surface area contributed by atoms with Gasteiger partial charge in [0.2, 0.25) is 5.91 Å². The molecule has 0 aromatic heterocycles. The number of carbonyl (C=O) groups is 3. The van der Waals surface area contributed by atoms with Crippen LogP contribution < -0.4 is 10.6 Å². The van der Waals surface area contributed by atoms with Gasteiger partial charge >= 0.3 is 12.0 Å². The Bertz CT molecular complexity index is 1070. The molecular weight excluding hydrogens is 406 g/mol. The van der Waals surface area contributed by atoms with Crippen LogP contribution in [0.25, 0.3) is 0 Å². The first kappa shape index (κ1) is 20.0. The van der Waals surface area contributed by atoms with Gasteiger partial charge in [0.15, 0.2) is 0 Å². The van der Waals surface area contributed by atoms with E-state index < -0.39 is 18.0 Å². The molecule has 8 heteroatoms. The van der Waals surface area contributed by atoms with Crippen molar-refractivity contribution in [2.24, 2.45) is 0 Å². The summed E-state index contributed by atoms with van der Waals surface area (Å²) in [6.45, 7) is 1.72. The lowest BCUT2D eigenvalue weighted by Crippen LogP contribution is -2.49. The highest BCUT2D eigenvalue weighted by molar-refractivity contribution is 6.31. The molecule has 2 aliphatic heterocycles. The van der Waals surface area contributed by atoms with E-state index in [4.69, 9.17) is 16.3 Å². The molecule has 2 heterocycles. The Morgan fingerprint density at radius 3 is 2.80 bits per heavy atom. The molecule has 0 saturated carbocycles. The summed E-state index contributed by atoms with van der Waals surface area (Å²) in [5, 5.41) is 6.00. The molecule has 2 aromatic carbocycles. The fourth-order valence-electron chi connectivity index (χ4n) is 3.63. The SMILES string of the molecule is CCc1cccc(NC(=O)CN2C(=O)NC(c3ccccc3Cl)C3=C2COC3=O)c1. The summed E-state index contributed by atoms with van der Waals surface area (Å²) in [6, 6.07) is 13.3. The average Bonchev–Trinajstić information content (AvgIpc) is 3.12. The number of nitrogens with one attached hydrogen (secondary N) is 2. The Kier molecular flexibility index (Phi) is 5.46. The first-order chi connectivity index (χ1) is 14.5. The fraction of sp³-hybridized carbons (Fsp3) is 0.227. The van der Waals surface area contributed by atoms with Gasteiger partial charge in [-0.05, 0) is 35.7 Å². The van der Waals surface area contributed by atoms with Gasteiger partial charge in [0.25, 0.3) is 0 Å². The van der Waals surface area contributed by atoms with E-state index in [9.17, 15) is 14.4 Å². The van der Waals surface area contributed by atoms with Crippen LogP contribution in [0.5, 0.6) is 0 Å². The zero-order chi connectivity index (χ0) is 21.3. The average molecular weight is 426 g/mol. The molecule has 0 fully saturated rings. The number of urea groups is 1. The number of benzene rings is 2. The van der Waals surface area contributed by atoms with Crippen LogP contribution in [0, 0.1) is 0 Å². The van der Waals surface area contributed by atoms with E-state index in [0.29, 0.717) is 27.5 Å². The van der Waals surface area contributed by atoms with E-state index >= 15 is 0 Å². The van der Waals surface area contributed by atoms with Gasteiger partial charge in [-0.2, -0.15) is 0 Å². The van der Waals surface area contributed by atoms with Crippen LogP contribution in [-0.2, 0) is 20.7 Å². The molecule has 0 spiro atoms. The number of esters is 1. The van der Waals surface area contributed by atoms with Crippen LogP contribution in [-0.4, -0.2) is 36.0 Å². The van der Waals surface area contributed by atoms with Crippen molar-refractivity contribution < 1.29 is 19.1 Å². The fourth-order valence-corrected chi connectivity index (χ4v) is 3.88. The molecule has 1 unspecified atom stereocenters. The molecule has 2 aromatic rings. The van der Waals surface area contributed by atoms with E-state index in [-0.39, 0.29) is 19.1 Å². The number of ether oxygens (including phenoxy) is 1. The second-order valence-corrected chi connectivity index (χ2v) is 7.44. The number of rotatable bonds is 5. The Hall–Kier alpha value is -3.32. The summed E-state index contributed by atoms with van der Waals surface area (Å²) in [5.41, 5.74) is 3.01. The minimum absolute atomic E-state index is 0.0683. The number of hydrogen-bond acceptors (Lipinski definition) is 4. The normalized spacial score (nSPS) is 18.1. The monoisotopic (exact) mass is 425 g/mol. The lowest BCUT2D eigenvalue weighted by atomic mass is 9.95. The highest BCUT2D eigenvalue weighted by Gasteiger charge is 2.43. The van der Waals surface area contributed by atoms with E-state index in [2.05, 4.69) is 10.6 Å². The van der Waals surface area contributed by atoms with Crippen molar-refractivity contribution in [3.63, 3.8) is 0 Å². The maximum Gasteiger partial charge on any atom is 0.338 e. The Balaban J connectivity index is 1.59. The lowest BCUT2D eigenvalue weighted by molar-refractivity contribution is -0.136. The van der Waals surface area contributed by atoms with Crippen LogP contribution >= 0.6 is 11.6 Å². The summed E-state index contributed by atoms with van der Waals surface area (Å²) >= 11 is 6.28. The first-order valence-electron chi connectivity index (χ1n) is 9.59. The van der Waals surface area contributed by atoms with Gasteiger partial charge in [0.1, 0.15) is 13.2 Å². The number of hydrogen-bond donors (Lipinski definition) is 2. The van der Waals surface area contributed by atoms with Crippen molar-refractivity contribution in [1.29, 1.82) is 0 Å². The molecule has 0 aliphatic carbocycles. The number of anilines is 1. The molecule has 0 saturated heterocycles. The third-order valence-electron chi connectivity index (χ3n) is 5.14. The second-order valence-electron chi connectivity index (χ2n) is 7.03. The minimum Gasteiger partial charge on any atom is -0.456 e. The van der Waals surface area contributed by atoms with E-state index in [0.717, 1.165) is 12.0 Å². The molecule has 2 aliphatic rings. The summed E-state index contributed by atoms with van der Waals surface area (Å²) in [6.07, 6.45) is 0.845. The molecule has 30 heavy (non-hydrogen) atoms. The van der Waals surface area contributed by atoms with E-state index in [1.165, 1.54) is 4.90 Å². The highest BCUT2D eigenvalue weighted by atomic mass is 35.5. The topological polar surface area (TPSA) is 87.7 Å². The predicted octanol–water partition coefficient (Wildman–Crippen LogP) is 3.42. The standard InChI is InChI=1S/C22H20ClN3O4/c1-2-13-6-5-7-14(10-13)24-18(27)11-26-17-12-30-21(28)19(17)20(25-22(26)29)15-8-3-4-9-16(15)23/h3-10,20H,2,11-12H2,1H3,(H,24,27)(H,25,29). The number of nitrogens with zero attached hydrogens (tertiary/aromatic N) is 1. The van der Waals surface area contributed by atoms with Crippen LogP contribution in [0.4, 0.5) is 10.5 Å². The number of carbonyl (C=O) groups excluding carboxylic acids is 3. The van der Waals surface area contributed by atoms with Crippen molar-refractivity contribution in [1.82, 2.24) is 10.2 Å². The predicted molar refractivity (Wildman–Crippen MR) is 112 cm³/mol. The van der Waals surface area contributed by atoms with Gasteiger partial charge in [-0.3, -0.25) is 9.69 Å². The van der Waals surface area contributed by atoms with Gasteiger partial charge in [-0.15, -0.1) is 0 Å². The van der Waals surface area contributed by atoms with E-state index in [1.807, 2.05) is 25.1 Å². The van der Waals surface area contributed by atoms with Gasteiger partial charge in [-0.25, -0.2) is 9.59 Å². The smallest absolute Gasteiger partial charge is 0.338 e. The second kappa shape index (κ2) is 8.20. The summed E-state index contributed by atoms with van der Waals surface area (Å²) in [7, 11) is 0. The Morgan fingerprint density at radius 2 is 2.03 bits per heavy atom. The molecule has 154 valence electrons. The van der Waals surface area contributed by atoms with Gasteiger partial charge < -0.3 is 15.4 Å². The summed E-state index contributed by atoms with van der Waals surface area (Å²) < 4.78 is 5.18. The third-order valence-corrected chi connectivity index (χ3v) is 5.48. The zero-order valence-corrected chi connectivity index (χ0v) is 17.0. The lowest BCUT2D eigenvalue weighted by Gasteiger charge is -2.32. The number of aryl methyl sites for hydroxylation is 1. The quantitative estimate of drug-likeness (QED) is 0.718. The molecule has 2 N–H and O–H groups in total. The van der Waals surface area contributed by atoms with Crippen LogP contribution in [0.1, 0.15) is 24.1 Å². The van der Waals surface area contributed by atoms with Crippen LogP contribution in [0.2, 0.25) is 5.02 Å². The van der Waals surface area contributed by atoms with Gasteiger partial charge in [0.05, 0.1) is 17.3 Å². The molecule has 4 rings (SSSR count). The first-order valence-corrected chi connectivity index (χ1v) is 9.97. The van der Waals surface area contributed by atoms with Crippen molar-refractivity contribution in [2.45, 2.75) is 19.4 Å². The van der Waals surface area contributed by atoms with Crippen molar-refractivity contribution >= 4 is 35.2 Å². The zero-order valence-electron chi connectivity index (χ0n) is 16.3. The molecule has 1 atom stereocenters. The molecule has 0 bridgehead atoms. The highest BCUT2D eigenvalue weighted by Crippen LogP contribution is 2.37. The minimum atomic E-state index is -0.725. The maximum absolute atomic E-state index is 12.8. The van der Waals surface area contributed by atoms with Gasteiger partial charge in [0, 0.05) is 10.7 Å². The molecule has 3 amide bonds. The van der Waals surface area contributed by atoms with Crippen LogP contribution in [0.3, 0.4) is 0 Å². The largest absolute Gasteiger partial charge is 0.456 e. The van der Waals surface area contributed by atoms with Crippen molar-refractivity contribution in [3.8, 4) is 0 Å². The number of cyclic esters (lactones) is 1. The Morgan fingerprint density at radius 1 is 1.23 bits per heavy atom. The summed E-state index contributed by atoms with van der Waals surface area (Å²) in [4.78, 5) is 39.1. The molecule has 0 radical (unpaired) electrons. The Labute approximate surface area is 178 Å². The molecule has 7 nitrogen and oxygen atoms in total. The number of halogens is 1. The maximum atomic E-state index is 12.8.